The monoisotopic (exact) mass is 378 g/mol. The Hall–Kier alpha value is -1.67. The van der Waals surface area contributed by atoms with Crippen LogP contribution in [0.25, 0.3) is 10.2 Å². The molecule has 3 heterocycles. The summed E-state index contributed by atoms with van der Waals surface area (Å²) < 4.78 is 7.03. The lowest BCUT2D eigenvalue weighted by Crippen LogP contribution is -2.22. The van der Waals surface area contributed by atoms with E-state index in [4.69, 9.17) is 9.51 Å². The second-order valence-corrected chi connectivity index (χ2v) is 8.05. The van der Waals surface area contributed by atoms with Gasteiger partial charge in [0.2, 0.25) is 5.89 Å². The van der Waals surface area contributed by atoms with Gasteiger partial charge in [-0.1, -0.05) is 30.3 Å². The number of hydrogen-bond donors (Lipinski definition) is 0. The molecule has 0 aromatic carbocycles. The summed E-state index contributed by atoms with van der Waals surface area (Å²) in [5, 5.41) is 5.45. The standard InChI is InChI=1S/C17H22N4O2S2/c1-5-7-8-12-18-13(23-20-12)9-24-17-19-15-14(10(3)11(4)25-15)16(22)21(17)6-2/h5-9H2,1-4H3. The van der Waals surface area contributed by atoms with Crippen LogP contribution in [-0.2, 0) is 18.7 Å². The van der Waals surface area contributed by atoms with Gasteiger partial charge in [0.25, 0.3) is 5.56 Å². The molecule has 3 rings (SSSR count). The van der Waals surface area contributed by atoms with Crippen molar-refractivity contribution in [2.75, 3.05) is 0 Å². The lowest BCUT2D eigenvalue weighted by Gasteiger charge is -2.08. The van der Waals surface area contributed by atoms with Crippen molar-refractivity contribution < 1.29 is 4.52 Å². The number of aromatic nitrogens is 4. The Kier molecular flexibility index (Phi) is 5.58. The summed E-state index contributed by atoms with van der Waals surface area (Å²) in [5.41, 5.74) is 1.07. The van der Waals surface area contributed by atoms with E-state index in [0.29, 0.717) is 23.3 Å². The number of hydrogen-bond acceptors (Lipinski definition) is 7. The van der Waals surface area contributed by atoms with Gasteiger partial charge in [0.05, 0.1) is 11.1 Å². The first-order chi connectivity index (χ1) is 12.0. The van der Waals surface area contributed by atoms with E-state index in [1.165, 1.54) is 11.8 Å². The predicted molar refractivity (Wildman–Crippen MR) is 101 cm³/mol. The molecule has 0 unspecified atom stereocenters. The maximum absolute atomic E-state index is 12.8. The summed E-state index contributed by atoms with van der Waals surface area (Å²) in [7, 11) is 0. The van der Waals surface area contributed by atoms with E-state index >= 15 is 0 Å². The third-order valence-electron chi connectivity index (χ3n) is 4.16. The molecule has 25 heavy (non-hydrogen) atoms. The molecular weight excluding hydrogens is 356 g/mol. The lowest BCUT2D eigenvalue weighted by molar-refractivity contribution is 0.384. The van der Waals surface area contributed by atoms with Crippen LogP contribution < -0.4 is 5.56 Å². The number of fused-ring (bicyclic) bond motifs is 1. The van der Waals surface area contributed by atoms with Gasteiger partial charge in [-0.15, -0.1) is 11.3 Å². The minimum Gasteiger partial charge on any atom is -0.338 e. The average Bonchev–Trinajstić information content (AvgIpc) is 3.16. The maximum Gasteiger partial charge on any atom is 0.263 e. The Balaban J connectivity index is 1.86. The Bertz CT molecular complexity index is 942. The molecule has 0 saturated heterocycles. The molecule has 0 amide bonds. The predicted octanol–water partition coefficient (Wildman–Crippen LogP) is 4.11. The second kappa shape index (κ2) is 7.70. The molecule has 0 aliphatic carbocycles. The number of rotatable bonds is 7. The number of thiophene rings is 1. The average molecular weight is 379 g/mol. The molecule has 0 fully saturated rings. The van der Waals surface area contributed by atoms with Gasteiger partial charge in [0.1, 0.15) is 4.83 Å². The van der Waals surface area contributed by atoms with Crippen LogP contribution in [0, 0.1) is 13.8 Å². The molecule has 0 aliphatic heterocycles. The van der Waals surface area contributed by atoms with Crippen molar-refractivity contribution in [1.29, 1.82) is 0 Å². The van der Waals surface area contributed by atoms with Gasteiger partial charge >= 0.3 is 0 Å². The molecule has 0 radical (unpaired) electrons. The van der Waals surface area contributed by atoms with E-state index in [1.807, 2.05) is 20.8 Å². The SMILES string of the molecule is CCCCc1noc(CSc2nc3sc(C)c(C)c3c(=O)n2CC)n1. The van der Waals surface area contributed by atoms with Gasteiger partial charge in [-0.25, -0.2) is 4.98 Å². The molecule has 0 spiro atoms. The highest BCUT2D eigenvalue weighted by molar-refractivity contribution is 7.98. The van der Waals surface area contributed by atoms with Gasteiger partial charge < -0.3 is 4.52 Å². The van der Waals surface area contributed by atoms with E-state index in [0.717, 1.165) is 45.7 Å². The largest absolute Gasteiger partial charge is 0.338 e. The molecule has 3 aromatic heterocycles. The maximum atomic E-state index is 12.8. The summed E-state index contributed by atoms with van der Waals surface area (Å²) in [5.74, 6) is 1.84. The first-order valence-corrected chi connectivity index (χ1v) is 10.3. The van der Waals surface area contributed by atoms with Crippen LogP contribution in [0.1, 0.15) is 48.8 Å². The third-order valence-corrected chi connectivity index (χ3v) is 6.22. The number of aryl methyl sites for hydroxylation is 3. The molecule has 0 atom stereocenters. The summed E-state index contributed by atoms with van der Waals surface area (Å²) in [4.78, 5) is 23.9. The number of unbranched alkanes of at least 4 members (excludes halogenated alkanes) is 1. The highest BCUT2D eigenvalue weighted by Gasteiger charge is 2.17. The van der Waals surface area contributed by atoms with Crippen LogP contribution in [0.15, 0.2) is 14.5 Å². The molecule has 8 heteroatoms. The first kappa shape index (κ1) is 18.1. The topological polar surface area (TPSA) is 73.8 Å². The van der Waals surface area contributed by atoms with Crippen LogP contribution in [0.2, 0.25) is 0 Å². The van der Waals surface area contributed by atoms with Gasteiger partial charge in [0, 0.05) is 17.8 Å². The summed E-state index contributed by atoms with van der Waals surface area (Å²) >= 11 is 3.04. The summed E-state index contributed by atoms with van der Waals surface area (Å²) in [6.45, 7) is 8.70. The summed E-state index contributed by atoms with van der Waals surface area (Å²) in [6.07, 6.45) is 2.99. The molecule has 0 saturated carbocycles. The van der Waals surface area contributed by atoms with E-state index in [2.05, 4.69) is 17.1 Å². The van der Waals surface area contributed by atoms with Crippen LogP contribution in [0.4, 0.5) is 0 Å². The van der Waals surface area contributed by atoms with Crippen molar-refractivity contribution in [1.82, 2.24) is 19.7 Å². The van der Waals surface area contributed by atoms with Crippen molar-refractivity contribution in [3.05, 3.63) is 32.5 Å². The Morgan fingerprint density at radius 3 is 2.76 bits per heavy atom. The molecule has 134 valence electrons. The normalized spacial score (nSPS) is 11.5. The van der Waals surface area contributed by atoms with Gasteiger partial charge in [-0.2, -0.15) is 4.98 Å². The van der Waals surface area contributed by atoms with Crippen molar-refractivity contribution >= 4 is 33.3 Å². The fraction of sp³-hybridized carbons (Fsp3) is 0.529. The molecule has 0 aliphatic rings. The van der Waals surface area contributed by atoms with E-state index in [1.54, 1.807) is 15.9 Å². The van der Waals surface area contributed by atoms with Crippen LogP contribution in [0.5, 0.6) is 0 Å². The van der Waals surface area contributed by atoms with Crippen LogP contribution >= 0.6 is 23.1 Å². The third kappa shape index (κ3) is 3.64. The van der Waals surface area contributed by atoms with Crippen LogP contribution in [-0.4, -0.2) is 19.7 Å². The van der Waals surface area contributed by atoms with Gasteiger partial charge in [-0.05, 0) is 32.8 Å². The van der Waals surface area contributed by atoms with Crippen molar-refractivity contribution in [2.45, 2.75) is 64.4 Å². The fourth-order valence-corrected chi connectivity index (χ4v) is 4.58. The Labute approximate surface area is 154 Å². The molecular formula is C17H22N4O2S2. The van der Waals surface area contributed by atoms with Crippen molar-refractivity contribution in [2.24, 2.45) is 0 Å². The van der Waals surface area contributed by atoms with Gasteiger partial charge in [-0.3, -0.25) is 9.36 Å². The number of nitrogens with zero attached hydrogens (tertiary/aromatic N) is 4. The molecule has 6 nitrogen and oxygen atoms in total. The molecule has 0 bridgehead atoms. The fourth-order valence-electron chi connectivity index (χ4n) is 2.61. The highest BCUT2D eigenvalue weighted by atomic mass is 32.2. The molecule has 0 N–H and O–H groups in total. The number of thioether (sulfide) groups is 1. The highest BCUT2D eigenvalue weighted by Crippen LogP contribution is 2.29. The zero-order chi connectivity index (χ0) is 18.0. The van der Waals surface area contributed by atoms with E-state index < -0.39 is 0 Å². The Morgan fingerprint density at radius 1 is 1.24 bits per heavy atom. The Morgan fingerprint density at radius 2 is 2.04 bits per heavy atom. The van der Waals surface area contributed by atoms with E-state index in [-0.39, 0.29) is 5.56 Å². The minimum atomic E-state index is 0.0333. The smallest absolute Gasteiger partial charge is 0.263 e. The zero-order valence-electron chi connectivity index (χ0n) is 15.0. The first-order valence-electron chi connectivity index (χ1n) is 8.49. The van der Waals surface area contributed by atoms with Crippen LogP contribution in [0.3, 0.4) is 0 Å². The van der Waals surface area contributed by atoms with Crippen molar-refractivity contribution in [3.8, 4) is 0 Å². The zero-order valence-corrected chi connectivity index (χ0v) is 16.6. The molecule has 3 aromatic rings. The van der Waals surface area contributed by atoms with Crippen molar-refractivity contribution in [3.63, 3.8) is 0 Å². The second-order valence-electron chi connectivity index (χ2n) is 5.90. The summed E-state index contributed by atoms with van der Waals surface area (Å²) in [6, 6.07) is 0. The van der Waals surface area contributed by atoms with Gasteiger partial charge in [0.15, 0.2) is 11.0 Å². The minimum absolute atomic E-state index is 0.0333. The lowest BCUT2D eigenvalue weighted by atomic mass is 10.2. The quantitative estimate of drug-likeness (QED) is 0.455. The van der Waals surface area contributed by atoms with E-state index in [9.17, 15) is 4.79 Å².